The van der Waals surface area contributed by atoms with Crippen LogP contribution < -0.4 is 10.6 Å². The van der Waals surface area contributed by atoms with Crippen LogP contribution in [-0.4, -0.2) is 34.4 Å². The van der Waals surface area contributed by atoms with Gasteiger partial charge in [-0.15, -0.1) is 0 Å². The van der Waals surface area contributed by atoms with Crippen LogP contribution in [0.1, 0.15) is 11.3 Å². The molecule has 0 saturated carbocycles. The zero-order valence-corrected chi connectivity index (χ0v) is 17.3. The van der Waals surface area contributed by atoms with E-state index in [2.05, 4.69) is 32.8 Å². The Bertz CT molecular complexity index is 1290. The van der Waals surface area contributed by atoms with E-state index in [-0.39, 0.29) is 10.9 Å². The molecular weight excluding hydrogens is 427 g/mol. The molecule has 1 saturated heterocycles. The first-order valence-electron chi connectivity index (χ1n) is 9.80. The van der Waals surface area contributed by atoms with Gasteiger partial charge in [-0.05, 0) is 35.9 Å². The van der Waals surface area contributed by atoms with E-state index in [1.165, 1.54) is 6.07 Å². The maximum Gasteiger partial charge on any atom is 0.433 e. The van der Waals surface area contributed by atoms with Crippen LogP contribution in [0.2, 0.25) is 5.02 Å². The highest BCUT2D eigenvalue weighted by Crippen LogP contribution is 2.36. The van der Waals surface area contributed by atoms with Gasteiger partial charge in [-0.1, -0.05) is 23.7 Å². The Balaban J connectivity index is 1.52. The molecule has 1 fully saturated rings. The molecule has 3 heterocycles. The number of nitrogens with one attached hydrogen (secondary N) is 2. The van der Waals surface area contributed by atoms with Crippen LogP contribution in [0.3, 0.4) is 0 Å². The van der Waals surface area contributed by atoms with Gasteiger partial charge in [0.05, 0.1) is 17.2 Å². The van der Waals surface area contributed by atoms with Gasteiger partial charge in [0.15, 0.2) is 0 Å². The van der Waals surface area contributed by atoms with E-state index in [1.54, 1.807) is 12.1 Å². The first-order chi connectivity index (χ1) is 14.7. The molecule has 2 aromatic heterocycles. The second-order valence-corrected chi connectivity index (χ2v) is 8.43. The number of nitrogens with zero attached hydrogens (tertiary/aromatic N) is 3. The Labute approximate surface area is 181 Å². The summed E-state index contributed by atoms with van der Waals surface area (Å²) in [4.78, 5) is 3.78. The molecule has 1 aliphatic heterocycles. The number of benzene rings is 2. The van der Waals surface area contributed by atoms with Gasteiger partial charge in [-0.3, -0.25) is 4.68 Å². The topological polar surface area (TPSA) is 54.8 Å². The molecular formula is C22H19ClF3N5. The van der Waals surface area contributed by atoms with Gasteiger partial charge in [-0.2, -0.15) is 18.3 Å². The third-order valence-corrected chi connectivity index (χ3v) is 6.20. The smallest absolute Gasteiger partial charge is 0.383 e. The molecule has 9 heteroatoms. The molecule has 31 heavy (non-hydrogen) atoms. The fourth-order valence-electron chi connectivity index (χ4n) is 4.09. The summed E-state index contributed by atoms with van der Waals surface area (Å²) in [5, 5.41) is 12.9. The second kappa shape index (κ2) is 7.10. The van der Waals surface area contributed by atoms with Crippen molar-refractivity contribution in [3.8, 4) is 0 Å². The monoisotopic (exact) mass is 445 g/mol. The quantitative estimate of drug-likeness (QED) is 0.476. The van der Waals surface area contributed by atoms with Crippen LogP contribution in [-0.2, 0) is 18.6 Å². The predicted molar refractivity (Wildman–Crippen MR) is 116 cm³/mol. The molecule has 0 aliphatic carbocycles. The molecule has 2 N–H and O–H groups in total. The zero-order valence-electron chi connectivity index (χ0n) is 16.6. The average Bonchev–Trinajstić information content (AvgIpc) is 3.07. The number of anilines is 1. The van der Waals surface area contributed by atoms with E-state index in [1.807, 2.05) is 24.0 Å². The number of pyridine rings is 1. The Morgan fingerprint density at radius 3 is 2.68 bits per heavy atom. The molecule has 2 aromatic carbocycles. The summed E-state index contributed by atoms with van der Waals surface area (Å²) >= 11 is 6.11. The van der Waals surface area contributed by atoms with E-state index in [4.69, 9.17) is 11.6 Å². The number of aromatic nitrogens is 3. The van der Waals surface area contributed by atoms with Crippen molar-refractivity contribution in [1.82, 2.24) is 20.1 Å². The third kappa shape index (κ3) is 3.49. The molecule has 4 aromatic rings. The van der Waals surface area contributed by atoms with Gasteiger partial charge in [0.2, 0.25) is 0 Å². The van der Waals surface area contributed by atoms with Crippen molar-refractivity contribution >= 4 is 39.1 Å². The van der Waals surface area contributed by atoms with Crippen LogP contribution in [0.15, 0.2) is 48.7 Å². The third-order valence-electron chi connectivity index (χ3n) is 5.97. The molecule has 5 rings (SSSR count). The Hall–Kier alpha value is -2.84. The summed E-state index contributed by atoms with van der Waals surface area (Å²) in [6.45, 7) is 1.91. The van der Waals surface area contributed by atoms with Crippen LogP contribution in [0.4, 0.5) is 18.9 Å². The van der Waals surface area contributed by atoms with Gasteiger partial charge < -0.3 is 10.6 Å². The fraction of sp³-hybridized carbons (Fsp3) is 0.273. The number of aryl methyl sites for hydroxylation is 1. The maximum absolute atomic E-state index is 13.4. The van der Waals surface area contributed by atoms with E-state index in [9.17, 15) is 13.2 Å². The number of fused-ring (bicyclic) bond motifs is 2. The Morgan fingerprint density at radius 2 is 1.97 bits per heavy atom. The lowest BCUT2D eigenvalue weighted by Gasteiger charge is -2.43. The molecule has 160 valence electrons. The van der Waals surface area contributed by atoms with Crippen molar-refractivity contribution in [2.24, 2.45) is 7.05 Å². The van der Waals surface area contributed by atoms with Gasteiger partial charge in [0.1, 0.15) is 5.69 Å². The van der Waals surface area contributed by atoms with E-state index < -0.39 is 11.9 Å². The number of halogens is 4. The minimum Gasteiger partial charge on any atom is -0.383 e. The van der Waals surface area contributed by atoms with Gasteiger partial charge >= 0.3 is 6.18 Å². The van der Waals surface area contributed by atoms with E-state index in [0.29, 0.717) is 22.6 Å². The lowest BCUT2D eigenvalue weighted by molar-refractivity contribution is -0.140. The molecule has 0 amide bonds. The van der Waals surface area contributed by atoms with Gasteiger partial charge in [0.25, 0.3) is 0 Å². The summed E-state index contributed by atoms with van der Waals surface area (Å²) in [6, 6.07) is 11.9. The SMILES string of the molecule is Cn1ncc2ccc(C3(CNc4cc(C(F)(F)F)nc5ccc(Cl)cc45)CNC3)cc21. The average molecular weight is 446 g/mol. The second-order valence-electron chi connectivity index (χ2n) is 7.99. The molecule has 0 atom stereocenters. The van der Waals surface area contributed by atoms with Crippen molar-refractivity contribution in [3.05, 3.63) is 64.9 Å². The van der Waals surface area contributed by atoms with Gasteiger partial charge in [0, 0.05) is 53.6 Å². The lowest BCUT2D eigenvalue weighted by Crippen LogP contribution is -2.60. The van der Waals surface area contributed by atoms with Crippen LogP contribution in [0, 0.1) is 0 Å². The largest absolute Gasteiger partial charge is 0.433 e. The fourth-order valence-corrected chi connectivity index (χ4v) is 4.26. The molecule has 0 radical (unpaired) electrons. The minimum absolute atomic E-state index is 0.245. The van der Waals surface area contributed by atoms with E-state index in [0.717, 1.165) is 35.6 Å². The van der Waals surface area contributed by atoms with Crippen molar-refractivity contribution in [2.45, 2.75) is 11.6 Å². The summed E-state index contributed by atoms with van der Waals surface area (Å²) in [5.74, 6) is 0. The van der Waals surface area contributed by atoms with Crippen LogP contribution in [0.5, 0.6) is 0 Å². The summed E-state index contributed by atoms with van der Waals surface area (Å²) in [7, 11) is 1.89. The summed E-state index contributed by atoms with van der Waals surface area (Å²) in [5.41, 5.74) is 1.57. The highest BCUT2D eigenvalue weighted by Gasteiger charge is 2.39. The molecule has 0 unspecified atom stereocenters. The predicted octanol–water partition coefficient (Wildman–Crippen LogP) is 4.75. The molecule has 5 nitrogen and oxygen atoms in total. The number of hydrogen-bond acceptors (Lipinski definition) is 4. The number of alkyl halides is 3. The maximum atomic E-state index is 13.4. The summed E-state index contributed by atoms with van der Waals surface area (Å²) < 4.78 is 42.1. The highest BCUT2D eigenvalue weighted by molar-refractivity contribution is 6.31. The first-order valence-corrected chi connectivity index (χ1v) is 10.2. The normalized spacial score (nSPS) is 15.9. The first kappa shape index (κ1) is 20.1. The Morgan fingerprint density at radius 1 is 1.16 bits per heavy atom. The zero-order chi connectivity index (χ0) is 21.8. The van der Waals surface area contributed by atoms with Crippen molar-refractivity contribution in [2.75, 3.05) is 25.0 Å². The van der Waals surface area contributed by atoms with E-state index >= 15 is 0 Å². The van der Waals surface area contributed by atoms with Crippen molar-refractivity contribution in [1.29, 1.82) is 0 Å². The van der Waals surface area contributed by atoms with Crippen LogP contribution >= 0.6 is 11.6 Å². The molecule has 0 bridgehead atoms. The van der Waals surface area contributed by atoms with Crippen molar-refractivity contribution < 1.29 is 13.2 Å². The highest BCUT2D eigenvalue weighted by atomic mass is 35.5. The standard InChI is InChI=1S/C22H19ClF3N5/c1-31-19-6-14(3-2-13(19)9-29-31)21(10-27-11-21)12-28-18-8-20(22(24,25)26)30-17-5-4-15(23)7-16(17)18/h2-9,27H,10-12H2,1H3,(H,28,30). The number of hydrogen-bond donors (Lipinski definition) is 2. The van der Waals surface area contributed by atoms with Crippen LogP contribution in [0.25, 0.3) is 21.8 Å². The van der Waals surface area contributed by atoms with Gasteiger partial charge in [-0.25, -0.2) is 4.98 Å². The number of rotatable bonds is 4. The summed E-state index contributed by atoms with van der Waals surface area (Å²) in [6.07, 6.45) is -2.72. The minimum atomic E-state index is -4.54. The molecule has 1 aliphatic rings. The molecule has 0 spiro atoms. The Kier molecular flexibility index (Phi) is 4.60. The lowest BCUT2D eigenvalue weighted by atomic mass is 9.75. The van der Waals surface area contributed by atoms with Crippen molar-refractivity contribution in [3.63, 3.8) is 0 Å².